The van der Waals surface area contributed by atoms with Crippen molar-refractivity contribution in [1.29, 1.82) is 0 Å². The van der Waals surface area contributed by atoms with E-state index in [1.165, 1.54) is 6.92 Å². The first kappa shape index (κ1) is 22.8. The van der Waals surface area contributed by atoms with Gasteiger partial charge in [0.05, 0.1) is 0 Å². The van der Waals surface area contributed by atoms with Gasteiger partial charge in [-0.15, -0.1) is 0 Å². The van der Waals surface area contributed by atoms with Crippen LogP contribution >= 0.6 is 0 Å². The second-order valence-electron chi connectivity index (χ2n) is 9.16. The highest BCUT2D eigenvalue weighted by atomic mass is 16.5. The molecule has 1 saturated carbocycles. The molecule has 7 nitrogen and oxygen atoms in total. The predicted molar refractivity (Wildman–Crippen MR) is 124 cm³/mol. The van der Waals surface area contributed by atoms with Gasteiger partial charge in [0.1, 0.15) is 12.1 Å². The van der Waals surface area contributed by atoms with E-state index in [0.717, 1.165) is 35.1 Å². The third-order valence-corrected chi connectivity index (χ3v) is 6.84. The van der Waals surface area contributed by atoms with Crippen LogP contribution in [0.3, 0.4) is 0 Å². The fourth-order valence-corrected chi connectivity index (χ4v) is 4.48. The molecule has 0 aromatic heterocycles. The van der Waals surface area contributed by atoms with E-state index in [2.05, 4.69) is 34.9 Å². The molecule has 7 heteroatoms. The number of carbonyl (C=O) groups is 3. The first-order valence-electron chi connectivity index (χ1n) is 11.5. The maximum atomic E-state index is 12.6. The molecule has 2 amide bonds. The van der Waals surface area contributed by atoms with Gasteiger partial charge in [-0.2, -0.15) is 0 Å². The smallest absolute Gasteiger partial charge is 0.407 e. The molecule has 2 aromatic carbocycles. The number of nitrogens with one attached hydrogen (secondary N) is 2. The van der Waals surface area contributed by atoms with Crippen molar-refractivity contribution in [3.05, 3.63) is 59.7 Å². The van der Waals surface area contributed by atoms with Crippen molar-refractivity contribution < 1.29 is 24.2 Å². The van der Waals surface area contributed by atoms with E-state index in [4.69, 9.17) is 4.74 Å². The lowest BCUT2D eigenvalue weighted by Gasteiger charge is -2.26. The summed E-state index contributed by atoms with van der Waals surface area (Å²) in [5.41, 5.74) is 3.27. The zero-order chi connectivity index (χ0) is 23.6. The van der Waals surface area contributed by atoms with E-state index in [0.29, 0.717) is 0 Å². The molecule has 2 unspecified atom stereocenters. The Kier molecular flexibility index (Phi) is 6.40. The lowest BCUT2D eigenvalue weighted by atomic mass is 9.98. The minimum absolute atomic E-state index is 0.0255. The van der Waals surface area contributed by atoms with E-state index in [-0.39, 0.29) is 37.3 Å². The molecule has 174 valence electrons. The Hall–Kier alpha value is -3.35. The summed E-state index contributed by atoms with van der Waals surface area (Å²) in [7, 11) is 0. The molecule has 0 aliphatic heterocycles. The van der Waals surface area contributed by atoms with Crippen molar-refractivity contribution in [2.75, 3.05) is 6.61 Å². The molecule has 2 aromatic rings. The summed E-state index contributed by atoms with van der Waals surface area (Å²) in [6, 6.07) is 15.9. The number of alkyl carbamates (subject to hydrolysis) is 1. The van der Waals surface area contributed by atoms with Gasteiger partial charge in [-0.1, -0.05) is 55.5 Å². The molecule has 4 rings (SSSR count). The van der Waals surface area contributed by atoms with Crippen molar-refractivity contribution in [3.63, 3.8) is 0 Å². The van der Waals surface area contributed by atoms with Crippen LogP contribution in [0.2, 0.25) is 0 Å². The lowest BCUT2D eigenvalue weighted by molar-refractivity contribution is -0.147. The molecule has 0 bridgehead atoms. The van der Waals surface area contributed by atoms with Crippen LogP contribution in [-0.4, -0.2) is 41.3 Å². The quantitative estimate of drug-likeness (QED) is 0.534. The first-order chi connectivity index (χ1) is 15.8. The van der Waals surface area contributed by atoms with Gasteiger partial charge in [-0.05, 0) is 54.4 Å². The van der Waals surface area contributed by atoms with Crippen LogP contribution < -0.4 is 10.6 Å². The molecule has 0 heterocycles. The molecule has 0 spiro atoms. The van der Waals surface area contributed by atoms with Crippen molar-refractivity contribution >= 4 is 18.0 Å². The van der Waals surface area contributed by atoms with Crippen LogP contribution in [0.5, 0.6) is 0 Å². The van der Waals surface area contributed by atoms with E-state index >= 15 is 0 Å². The average molecular weight is 451 g/mol. The molecular weight excluding hydrogens is 420 g/mol. The molecule has 33 heavy (non-hydrogen) atoms. The summed E-state index contributed by atoms with van der Waals surface area (Å²) < 4.78 is 5.61. The summed E-state index contributed by atoms with van der Waals surface area (Å²) in [4.78, 5) is 36.6. The van der Waals surface area contributed by atoms with Gasteiger partial charge in [0, 0.05) is 18.4 Å². The molecule has 0 saturated heterocycles. The normalized spacial score (nSPS) is 17.3. The number of ether oxygens (including phenoxy) is 1. The van der Waals surface area contributed by atoms with Gasteiger partial charge >= 0.3 is 12.1 Å². The standard InChI is InChI=1S/C26H30N2O5/c1-3-26(2,24(30)31)28-23(29)14-22(16-12-13-16)27-25(32)33-15-21-19-10-6-4-8-17(19)18-9-5-7-11-20(18)21/h4-11,16,21-22H,3,12-15H2,1-2H3,(H,27,32)(H,28,29)(H,30,31). The maximum Gasteiger partial charge on any atom is 0.407 e. The maximum absolute atomic E-state index is 12.6. The minimum Gasteiger partial charge on any atom is -0.480 e. The van der Waals surface area contributed by atoms with Crippen LogP contribution in [0.25, 0.3) is 11.1 Å². The van der Waals surface area contributed by atoms with E-state index in [9.17, 15) is 19.5 Å². The van der Waals surface area contributed by atoms with E-state index in [1.807, 2.05) is 24.3 Å². The predicted octanol–water partition coefficient (Wildman–Crippen LogP) is 4.06. The monoisotopic (exact) mass is 450 g/mol. The number of hydrogen-bond donors (Lipinski definition) is 3. The van der Waals surface area contributed by atoms with Crippen LogP contribution in [0, 0.1) is 5.92 Å². The Bertz CT molecular complexity index is 1020. The molecule has 2 aliphatic rings. The average Bonchev–Trinajstić information content (AvgIpc) is 3.60. The Morgan fingerprint density at radius 2 is 1.64 bits per heavy atom. The number of amides is 2. The van der Waals surface area contributed by atoms with Gasteiger partial charge in [-0.25, -0.2) is 9.59 Å². The summed E-state index contributed by atoms with van der Waals surface area (Å²) in [5.74, 6) is -1.30. The van der Waals surface area contributed by atoms with Gasteiger partial charge in [0.15, 0.2) is 0 Å². The number of carbonyl (C=O) groups excluding carboxylic acids is 2. The van der Waals surface area contributed by atoms with Gasteiger partial charge < -0.3 is 20.5 Å². The topological polar surface area (TPSA) is 105 Å². The second-order valence-corrected chi connectivity index (χ2v) is 9.16. The third kappa shape index (κ3) is 4.87. The summed E-state index contributed by atoms with van der Waals surface area (Å²) in [6.07, 6.45) is 1.58. The molecule has 3 N–H and O–H groups in total. The fourth-order valence-electron chi connectivity index (χ4n) is 4.48. The first-order valence-corrected chi connectivity index (χ1v) is 11.5. The van der Waals surface area contributed by atoms with Crippen LogP contribution in [0.1, 0.15) is 56.6 Å². The number of rotatable bonds is 9. The van der Waals surface area contributed by atoms with Crippen LogP contribution in [0.4, 0.5) is 4.79 Å². The minimum atomic E-state index is -1.32. The van der Waals surface area contributed by atoms with E-state index in [1.54, 1.807) is 6.92 Å². The Morgan fingerprint density at radius 3 is 2.15 bits per heavy atom. The number of carboxylic acid groups (broad SMARTS) is 1. The highest BCUT2D eigenvalue weighted by Gasteiger charge is 2.38. The van der Waals surface area contributed by atoms with Crippen LogP contribution in [0.15, 0.2) is 48.5 Å². The summed E-state index contributed by atoms with van der Waals surface area (Å²) in [6.45, 7) is 3.40. The van der Waals surface area contributed by atoms with Gasteiger partial charge in [0.2, 0.25) is 5.91 Å². The Labute approximate surface area is 193 Å². The second kappa shape index (κ2) is 9.25. The zero-order valence-electron chi connectivity index (χ0n) is 19.0. The summed E-state index contributed by atoms with van der Waals surface area (Å²) >= 11 is 0. The third-order valence-electron chi connectivity index (χ3n) is 6.84. The van der Waals surface area contributed by atoms with Gasteiger partial charge in [0.25, 0.3) is 0 Å². The lowest BCUT2D eigenvalue weighted by Crippen LogP contribution is -2.53. The Morgan fingerprint density at radius 1 is 1.06 bits per heavy atom. The summed E-state index contributed by atoms with van der Waals surface area (Å²) in [5, 5.41) is 14.8. The zero-order valence-corrected chi connectivity index (χ0v) is 19.0. The van der Waals surface area contributed by atoms with Crippen LogP contribution in [-0.2, 0) is 14.3 Å². The van der Waals surface area contributed by atoms with Crippen molar-refractivity contribution in [2.45, 2.75) is 57.0 Å². The largest absolute Gasteiger partial charge is 0.480 e. The number of aliphatic carboxylic acids is 1. The molecule has 0 radical (unpaired) electrons. The highest BCUT2D eigenvalue weighted by molar-refractivity contribution is 5.87. The molecule has 2 aliphatic carbocycles. The van der Waals surface area contributed by atoms with E-state index < -0.39 is 23.5 Å². The number of carboxylic acids is 1. The fraction of sp³-hybridized carbons (Fsp3) is 0.423. The van der Waals surface area contributed by atoms with Gasteiger partial charge in [-0.3, -0.25) is 4.79 Å². The number of hydrogen-bond acceptors (Lipinski definition) is 4. The van der Waals surface area contributed by atoms with Crippen molar-refractivity contribution in [2.24, 2.45) is 5.92 Å². The molecule has 2 atom stereocenters. The number of fused-ring (bicyclic) bond motifs is 3. The molecular formula is C26H30N2O5. The molecule has 1 fully saturated rings. The highest BCUT2D eigenvalue weighted by Crippen LogP contribution is 2.44. The Balaban J connectivity index is 1.37. The van der Waals surface area contributed by atoms with Crippen molar-refractivity contribution in [3.8, 4) is 11.1 Å². The van der Waals surface area contributed by atoms with Crippen molar-refractivity contribution in [1.82, 2.24) is 10.6 Å². The SMILES string of the molecule is CCC(C)(NC(=O)CC(NC(=O)OCC1c2ccccc2-c2ccccc21)C1CC1)C(=O)O. The number of benzene rings is 2.